The van der Waals surface area contributed by atoms with Gasteiger partial charge in [0, 0.05) is 12.1 Å². The van der Waals surface area contributed by atoms with E-state index in [-0.39, 0.29) is 12.6 Å². The molecule has 0 radical (unpaired) electrons. The van der Waals surface area contributed by atoms with Crippen LogP contribution in [0.25, 0.3) is 10.2 Å². The summed E-state index contributed by atoms with van der Waals surface area (Å²) < 4.78 is 13.0. The van der Waals surface area contributed by atoms with Gasteiger partial charge >= 0.3 is 5.97 Å². The summed E-state index contributed by atoms with van der Waals surface area (Å²) in [4.78, 5) is 28.7. The number of halogens is 2. The van der Waals surface area contributed by atoms with Crippen molar-refractivity contribution in [3.8, 4) is 5.75 Å². The van der Waals surface area contributed by atoms with E-state index >= 15 is 0 Å². The van der Waals surface area contributed by atoms with Gasteiger partial charge in [-0.1, -0.05) is 34.5 Å². The highest BCUT2D eigenvalue weighted by Crippen LogP contribution is 2.27. The van der Waals surface area contributed by atoms with Crippen LogP contribution in [0.5, 0.6) is 5.75 Å². The minimum absolute atomic E-state index is 0.260. The van der Waals surface area contributed by atoms with E-state index in [1.807, 2.05) is 0 Å². The Morgan fingerprint density at radius 3 is 2.68 bits per heavy atom. The van der Waals surface area contributed by atoms with Crippen LogP contribution >= 0.6 is 34.5 Å². The summed E-state index contributed by atoms with van der Waals surface area (Å²) >= 11 is 13.2. The number of amides is 1. The highest BCUT2D eigenvalue weighted by Gasteiger charge is 2.11. The second-order valence-corrected chi connectivity index (χ2v) is 7.57. The molecular weight excluding hydrogens is 423 g/mol. The van der Waals surface area contributed by atoms with Crippen LogP contribution in [0.15, 0.2) is 41.4 Å². The fraction of sp³-hybridized carbons (Fsp3) is 0.211. The summed E-state index contributed by atoms with van der Waals surface area (Å²) in [6.07, 6.45) is 0. The Morgan fingerprint density at radius 1 is 1.18 bits per heavy atom. The van der Waals surface area contributed by atoms with Gasteiger partial charge in [-0.3, -0.25) is 4.79 Å². The Bertz CT molecular complexity index is 1120. The van der Waals surface area contributed by atoms with Crippen LogP contribution in [0, 0.1) is 0 Å². The summed E-state index contributed by atoms with van der Waals surface area (Å²) in [5, 5.41) is 0.798. The van der Waals surface area contributed by atoms with Gasteiger partial charge in [0.15, 0.2) is 11.4 Å². The zero-order chi connectivity index (χ0) is 20.3. The van der Waals surface area contributed by atoms with Crippen molar-refractivity contribution in [2.45, 2.75) is 6.92 Å². The quantitative estimate of drug-likeness (QED) is 0.558. The molecule has 0 saturated carbocycles. The SMILES string of the molecule is CCOC(=O)c1ccc2c(c1)sc(=NC(=O)COc1ccc(Cl)cc1Cl)n2C. The Hall–Kier alpha value is -2.35. The lowest BCUT2D eigenvalue weighted by molar-refractivity contribution is -0.120. The molecule has 9 heteroatoms. The van der Waals surface area contributed by atoms with Gasteiger partial charge in [-0.25, -0.2) is 4.79 Å². The van der Waals surface area contributed by atoms with Gasteiger partial charge in [-0.2, -0.15) is 4.99 Å². The fourth-order valence-electron chi connectivity index (χ4n) is 2.45. The minimum atomic E-state index is -0.459. The largest absolute Gasteiger partial charge is 0.482 e. The van der Waals surface area contributed by atoms with Gasteiger partial charge < -0.3 is 14.0 Å². The van der Waals surface area contributed by atoms with Gasteiger partial charge in [-0.15, -0.1) is 0 Å². The number of ether oxygens (including phenoxy) is 2. The topological polar surface area (TPSA) is 69.9 Å². The lowest BCUT2D eigenvalue weighted by Crippen LogP contribution is -2.17. The lowest BCUT2D eigenvalue weighted by atomic mass is 10.2. The van der Waals surface area contributed by atoms with Crippen LogP contribution in [-0.2, 0) is 16.6 Å². The van der Waals surface area contributed by atoms with E-state index in [1.54, 1.807) is 48.9 Å². The van der Waals surface area contributed by atoms with Gasteiger partial charge in [0.05, 0.1) is 27.4 Å². The third-order valence-corrected chi connectivity index (χ3v) is 5.41. The molecule has 0 saturated heterocycles. The molecule has 0 aliphatic heterocycles. The molecule has 28 heavy (non-hydrogen) atoms. The first-order valence-electron chi connectivity index (χ1n) is 8.31. The zero-order valence-corrected chi connectivity index (χ0v) is 17.4. The van der Waals surface area contributed by atoms with Crippen LogP contribution in [0.2, 0.25) is 10.0 Å². The van der Waals surface area contributed by atoms with E-state index in [0.29, 0.717) is 32.8 Å². The number of benzene rings is 2. The number of thiazole rings is 1. The number of carbonyl (C=O) groups is 2. The molecule has 1 heterocycles. The molecule has 0 fully saturated rings. The molecule has 0 unspecified atom stereocenters. The maximum Gasteiger partial charge on any atom is 0.338 e. The third-order valence-electron chi connectivity index (χ3n) is 3.79. The second kappa shape index (κ2) is 8.77. The molecule has 0 bridgehead atoms. The number of fused-ring (bicyclic) bond motifs is 1. The summed E-state index contributed by atoms with van der Waals surface area (Å²) in [6, 6.07) is 9.96. The van der Waals surface area contributed by atoms with E-state index in [2.05, 4.69) is 4.99 Å². The average molecular weight is 439 g/mol. The highest BCUT2D eigenvalue weighted by molar-refractivity contribution is 7.16. The number of esters is 1. The van der Waals surface area contributed by atoms with Crippen molar-refractivity contribution in [1.29, 1.82) is 0 Å². The molecule has 1 amide bonds. The molecule has 0 aliphatic carbocycles. The smallest absolute Gasteiger partial charge is 0.338 e. The number of carbonyl (C=O) groups excluding carboxylic acids is 2. The molecular formula is C19H16Cl2N2O4S. The van der Waals surface area contributed by atoms with Crippen molar-refractivity contribution in [3.05, 3.63) is 56.8 Å². The molecule has 0 N–H and O–H groups in total. The van der Waals surface area contributed by atoms with Crippen molar-refractivity contribution in [2.24, 2.45) is 12.0 Å². The first kappa shape index (κ1) is 20.4. The van der Waals surface area contributed by atoms with Gasteiger partial charge in [0.25, 0.3) is 5.91 Å². The normalized spacial score (nSPS) is 11.6. The summed E-state index contributed by atoms with van der Waals surface area (Å²) in [7, 11) is 1.80. The van der Waals surface area contributed by atoms with E-state index < -0.39 is 5.91 Å². The van der Waals surface area contributed by atoms with E-state index in [0.717, 1.165) is 10.2 Å². The number of hydrogen-bond donors (Lipinski definition) is 0. The van der Waals surface area contributed by atoms with E-state index in [1.165, 1.54) is 17.4 Å². The van der Waals surface area contributed by atoms with Crippen LogP contribution in [0.3, 0.4) is 0 Å². The number of rotatable bonds is 5. The molecule has 0 atom stereocenters. The van der Waals surface area contributed by atoms with Gasteiger partial charge in [-0.05, 0) is 43.3 Å². The molecule has 3 aromatic rings. The standard InChI is InChI=1S/C19H16Cl2N2O4S/c1-3-26-18(25)11-4-6-14-16(8-11)28-19(23(14)2)22-17(24)10-27-15-7-5-12(20)9-13(15)21/h4-9H,3,10H2,1-2H3. The minimum Gasteiger partial charge on any atom is -0.482 e. The second-order valence-electron chi connectivity index (χ2n) is 5.72. The van der Waals surface area contributed by atoms with Crippen molar-refractivity contribution in [2.75, 3.05) is 13.2 Å². The average Bonchev–Trinajstić information content (AvgIpc) is 2.96. The maximum atomic E-state index is 12.2. The monoisotopic (exact) mass is 438 g/mol. The van der Waals surface area contributed by atoms with Crippen molar-refractivity contribution in [3.63, 3.8) is 0 Å². The van der Waals surface area contributed by atoms with Crippen LogP contribution in [-0.4, -0.2) is 29.7 Å². The summed E-state index contributed by atoms with van der Waals surface area (Å²) in [5.74, 6) is -0.489. The lowest BCUT2D eigenvalue weighted by Gasteiger charge is -2.05. The Kier molecular flexibility index (Phi) is 6.39. The molecule has 2 aromatic carbocycles. The molecule has 0 aliphatic rings. The zero-order valence-electron chi connectivity index (χ0n) is 15.1. The van der Waals surface area contributed by atoms with Crippen LogP contribution in [0.4, 0.5) is 0 Å². The first-order chi connectivity index (χ1) is 13.4. The van der Waals surface area contributed by atoms with Crippen LogP contribution in [0.1, 0.15) is 17.3 Å². The summed E-state index contributed by atoms with van der Waals surface area (Å²) in [5.41, 5.74) is 1.31. The number of nitrogens with zero attached hydrogens (tertiary/aromatic N) is 2. The fourth-order valence-corrected chi connectivity index (χ4v) is 3.99. The number of aromatic nitrogens is 1. The number of aryl methyl sites for hydroxylation is 1. The predicted octanol–water partition coefficient (Wildman–Crippen LogP) is 4.23. The molecule has 6 nitrogen and oxygen atoms in total. The highest BCUT2D eigenvalue weighted by atomic mass is 35.5. The Morgan fingerprint density at radius 2 is 1.96 bits per heavy atom. The van der Waals surface area contributed by atoms with Gasteiger partial charge in [0.1, 0.15) is 5.75 Å². The molecule has 0 spiro atoms. The van der Waals surface area contributed by atoms with Crippen molar-refractivity contribution >= 4 is 56.6 Å². The van der Waals surface area contributed by atoms with Crippen molar-refractivity contribution < 1.29 is 19.1 Å². The van der Waals surface area contributed by atoms with Gasteiger partial charge in [0.2, 0.25) is 0 Å². The number of hydrogen-bond acceptors (Lipinski definition) is 5. The van der Waals surface area contributed by atoms with E-state index in [9.17, 15) is 9.59 Å². The molecule has 1 aromatic heterocycles. The van der Waals surface area contributed by atoms with Crippen LogP contribution < -0.4 is 9.54 Å². The Balaban J connectivity index is 1.81. The maximum absolute atomic E-state index is 12.2. The molecule has 146 valence electrons. The van der Waals surface area contributed by atoms with Crippen molar-refractivity contribution in [1.82, 2.24) is 4.57 Å². The third kappa shape index (κ3) is 4.55. The summed E-state index contributed by atoms with van der Waals surface area (Å²) in [6.45, 7) is 1.80. The predicted molar refractivity (Wildman–Crippen MR) is 109 cm³/mol. The van der Waals surface area contributed by atoms with E-state index in [4.69, 9.17) is 32.7 Å². The Labute approximate surface area is 174 Å². The first-order valence-corrected chi connectivity index (χ1v) is 9.88. The molecule has 3 rings (SSSR count).